The molecule has 0 saturated carbocycles. The summed E-state index contributed by atoms with van der Waals surface area (Å²) < 4.78 is 7.65. The van der Waals surface area contributed by atoms with E-state index in [2.05, 4.69) is 25.9 Å². The van der Waals surface area contributed by atoms with Crippen LogP contribution in [-0.2, 0) is 4.74 Å². The maximum absolute atomic E-state index is 10.5. The van der Waals surface area contributed by atoms with Gasteiger partial charge in [0.15, 0.2) is 12.0 Å². The molecule has 0 amide bonds. The van der Waals surface area contributed by atoms with Crippen LogP contribution in [-0.4, -0.2) is 59.5 Å². The first-order valence-electron chi connectivity index (χ1n) is 6.49. The Morgan fingerprint density at radius 2 is 2.23 bits per heavy atom. The zero-order valence-electron chi connectivity index (χ0n) is 11.5. The average molecular weight is 375 g/mol. The minimum Gasteiger partial charge on any atom is -0.394 e. The van der Waals surface area contributed by atoms with Gasteiger partial charge >= 0.3 is 0 Å². The number of nitrogens with one attached hydrogen (secondary N) is 1. The van der Waals surface area contributed by atoms with Crippen molar-refractivity contribution in [2.24, 2.45) is 0 Å². The van der Waals surface area contributed by atoms with Gasteiger partial charge in [-0.05, 0) is 22.9 Å². The molecule has 1 fully saturated rings. The zero-order valence-corrected chi connectivity index (χ0v) is 13.1. The minimum atomic E-state index is -1.63. The molecule has 22 heavy (non-hydrogen) atoms. The number of anilines is 1. The lowest BCUT2D eigenvalue weighted by Gasteiger charge is -2.27. The highest BCUT2D eigenvalue weighted by atomic mass is 79.9. The molecule has 0 unspecified atom stereocenters. The van der Waals surface area contributed by atoms with Crippen LogP contribution >= 0.6 is 15.9 Å². The van der Waals surface area contributed by atoms with Gasteiger partial charge in [0.2, 0.25) is 0 Å². The molecule has 2 aromatic rings. The molecule has 0 spiro atoms. The summed E-state index contributed by atoms with van der Waals surface area (Å²) in [6.07, 6.45) is -0.279. The maximum atomic E-state index is 10.5. The van der Waals surface area contributed by atoms with Crippen LogP contribution in [0.5, 0.6) is 0 Å². The first-order chi connectivity index (χ1) is 10.4. The topological polar surface area (TPSA) is 133 Å². The first kappa shape index (κ1) is 15.6. The number of halogens is 1. The summed E-state index contributed by atoms with van der Waals surface area (Å²) in [7, 11) is 0. The monoisotopic (exact) mass is 374 g/mol. The fourth-order valence-corrected chi connectivity index (χ4v) is 3.28. The Morgan fingerprint density at radius 3 is 2.82 bits per heavy atom. The van der Waals surface area contributed by atoms with Crippen molar-refractivity contribution in [2.75, 3.05) is 12.1 Å². The van der Waals surface area contributed by atoms with Crippen molar-refractivity contribution in [1.82, 2.24) is 14.5 Å². The predicted octanol–water partition coefficient (Wildman–Crippen LogP) is -0.00350. The van der Waals surface area contributed by atoms with Crippen molar-refractivity contribution in [3.8, 4) is 0 Å². The molecule has 2 aromatic heterocycles. The SMILES string of the molecule is C[C@@]1(O)[C@H](O)[C@@H](CO)O[C@H]1n1cc(Br)c2c(NO)ncnc21. The fraction of sp³-hybridized carbons (Fsp3) is 0.500. The number of rotatable bonds is 3. The molecule has 5 N–H and O–H groups in total. The summed E-state index contributed by atoms with van der Waals surface area (Å²) in [5, 5.41) is 39.5. The van der Waals surface area contributed by atoms with Crippen molar-refractivity contribution in [2.45, 2.75) is 31.0 Å². The molecular formula is C12H15BrN4O5. The van der Waals surface area contributed by atoms with E-state index in [-0.39, 0.29) is 5.82 Å². The van der Waals surface area contributed by atoms with Gasteiger partial charge in [0, 0.05) is 10.7 Å². The molecule has 1 aliphatic heterocycles. The standard InChI is InChI=1S/C12H15BrN4O5/c1-12(20)8(19)6(3-18)22-11(12)17-2-5(13)7-9(16-21)14-4-15-10(7)17/h2,4,6,8,11,18-21H,3H2,1H3,(H,14,15,16)/t6-,8-,11-,12-/m1/s1. The van der Waals surface area contributed by atoms with Crippen LogP contribution in [0, 0.1) is 0 Å². The normalized spacial score (nSPS) is 31.8. The number of aliphatic hydroxyl groups excluding tert-OH is 2. The van der Waals surface area contributed by atoms with Crippen LogP contribution in [0.2, 0.25) is 0 Å². The van der Waals surface area contributed by atoms with Crippen molar-refractivity contribution in [3.05, 3.63) is 17.0 Å². The molecule has 3 rings (SSSR count). The number of nitrogens with zero attached hydrogens (tertiary/aromatic N) is 3. The second-order valence-corrected chi connectivity index (χ2v) is 6.15. The number of aromatic nitrogens is 3. The van der Waals surface area contributed by atoms with Gasteiger partial charge < -0.3 is 24.6 Å². The molecule has 0 bridgehead atoms. The van der Waals surface area contributed by atoms with E-state index >= 15 is 0 Å². The third-order valence-electron chi connectivity index (χ3n) is 3.86. The summed E-state index contributed by atoms with van der Waals surface area (Å²) in [4.78, 5) is 8.03. The van der Waals surface area contributed by atoms with E-state index in [1.807, 2.05) is 5.48 Å². The molecule has 3 heterocycles. The fourth-order valence-electron chi connectivity index (χ4n) is 2.69. The second-order valence-electron chi connectivity index (χ2n) is 5.30. The number of hydrogen-bond acceptors (Lipinski definition) is 8. The molecule has 4 atom stereocenters. The third kappa shape index (κ3) is 2.11. The van der Waals surface area contributed by atoms with Crippen LogP contribution in [0.15, 0.2) is 17.0 Å². The Kier molecular flexibility index (Phi) is 3.83. The highest BCUT2D eigenvalue weighted by molar-refractivity contribution is 9.10. The van der Waals surface area contributed by atoms with Gasteiger partial charge in [-0.1, -0.05) is 0 Å². The number of ether oxygens (including phenoxy) is 1. The van der Waals surface area contributed by atoms with Crippen LogP contribution in [0.3, 0.4) is 0 Å². The maximum Gasteiger partial charge on any atom is 0.167 e. The van der Waals surface area contributed by atoms with Crippen molar-refractivity contribution >= 4 is 32.8 Å². The first-order valence-corrected chi connectivity index (χ1v) is 7.29. The predicted molar refractivity (Wildman–Crippen MR) is 78.3 cm³/mol. The van der Waals surface area contributed by atoms with Crippen molar-refractivity contribution in [1.29, 1.82) is 0 Å². The summed E-state index contributed by atoms with van der Waals surface area (Å²) in [6, 6.07) is 0. The summed E-state index contributed by atoms with van der Waals surface area (Å²) in [5.41, 5.74) is 0.732. The van der Waals surface area contributed by atoms with E-state index in [4.69, 9.17) is 9.94 Å². The van der Waals surface area contributed by atoms with Crippen LogP contribution in [0.25, 0.3) is 11.0 Å². The minimum absolute atomic E-state index is 0.188. The largest absolute Gasteiger partial charge is 0.394 e. The highest BCUT2D eigenvalue weighted by Crippen LogP contribution is 2.41. The van der Waals surface area contributed by atoms with E-state index in [9.17, 15) is 15.3 Å². The van der Waals surface area contributed by atoms with Gasteiger partial charge in [0.25, 0.3) is 0 Å². The van der Waals surface area contributed by atoms with Crippen molar-refractivity contribution in [3.63, 3.8) is 0 Å². The van der Waals surface area contributed by atoms with E-state index in [0.29, 0.717) is 15.5 Å². The van der Waals surface area contributed by atoms with Crippen LogP contribution in [0.4, 0.5) is 5.82 Å². The van der Waals surface area contributed by atoms with Crippen LogP contribution in [0.1, 0.15) is 13.2 Å². The molecule has 1 saturated heterocycles. The molecule has 120 valence electrons. The number of hydrogen-bond donors (Lipinski definition) is 5. The van der Waals surface area contributed by atoms with Gasteiger partial charge in [-0.3, -0.25) is 10.7 Å². The molecule has 0 aromatic carbocycles. The van der Waals surface area contributed by atoms with Gasteiger partial charge in [-0.15, -0.1) is 0 Å². The molecule has 9 nitrogen and oxygen atoms in total. The molecule has 0 radical (unpaired) electrons. The lowest BCUT2D eigenvalue weighted by Crippen LogP contribution is -2.44. The Morgan fingerprint density at radius 1 is 1.50 bits per heavy atom. The van der Waals surface area contributed by atoms with E-state index in [1.165, 1.54) is 17.8 Å². The van der Waals surface area contributed by atoms with Gasteiger partial charge in [-0.25, -0.2) is 9.97 Å². The Bertz CT molecular complexity index is 706. The van der Waals surface area contributed by atoms with E-state index < -0.39 is 30.6 Å². The van der Waals surface area contributed by atoms with E-state index in [1.54, 1.807) is 6.20 Å². The Balaban J connectivity index is 2.15. The van der Waals surface area contributed by atoms with E-state index in [0.717, 1.165) is 0 Å². The number of aliphatic hydroxyl groups is 3. The number of fused-ring (bicyclic) bond motifs is 1. The highest BCUT2D eigenvalue weighted by Gasteiger charge is 2.53. The van der Waals surface area contributed by atoms with Crippen LogP contribution < -0.4 is 5.48 Å². The van der Waals surface area contributed by atoms with Gasteiger partial charge in [0.1, 0.15) is 29.8 Å². The average Bonchev–Trinajstić information content (AvgIpc) is 2.95. The summed E-state index contributed by atoms with van der Waals surface area (Å²) in [6.45, 7) is 0.997. The molecule has 0 aliphatic carbocycles. The molecule has 10 heteroatoms. The summed E-state index contributed by atoms with van der Waals surface area (Å²) >= 11 is 3.34. The van der Waals surface area contributed by atoms with Crippen molar-refractivity contribution < 1.29 is 25.3 Å². The van der Waals surface area contributed by atoms with Gasteiger partial charge in [-0.2, -0.15) is 0 Å². The molecule has 1 aliphatic rings. The van der Waals surface area contributed by atoms with Gasteiger partial charge in [0.05, 0.1) is 12.0 Å². The molecular weight excluding hydrogens is 360 g/mol. The lowest BCUT2D eigenvalue weighted by molar-refractivity contribution is -0.0948. The zero-order chi connectivity index (χ0) is 16.1. The summed E-state index contributed by atoms with van der Waals surface area (Å²) in [5.74, 6) is 0.188. The smallest absolute Gasteiger partial charge is 0.167 e. The Labute approximate surface area is 133 Å². The lowest BCUT2D eigenvalue weighted by atomic mass is 9.96. The quantitative estimate of drug-likeness (QED) is 0.474. The third-order valence-corrected chi connectivity index (χ3v) is 4.46. The Hall–Kier alpha value is -1.30. The second kappa shape index (κ2) is 5.41.